The van der Waals surface area contributed by atoms with Crippen molar-refractivity contribution in [3.63, 3.8) is 0 Å². The van der Waals surface area contributed by atoms with Crippen LogP contribution in [0.3, 0.4) is 0 Å². The lowest BCUT2D eigenvalue weighted by atomic mass is 10.1. The molecule has 1 aromatic heterocycles. The van der Waals surface area contributed by atoms with Crippen LogP contribution in [0.25, 0.3) is 11.4 Å². The molecule has 0 fully saturated rings. The van der Waals surface area contributed by atoms with E-state index in [0.29, 0.717) is 17.5 Å². The highest BCUT2D eigenvalue weighted by Crippen LogP contribution is 2.20. The summed E-state index contributed by atoms with van der Waals surface area (Å²) in [5, 5.41) is 6.71. The number of nitrogens with zero attached hydrogens (tertiary/aromatic N) is 2. The summed E-state index contributed by atoms with van der Waals surface area (Å²) in [6.07, 6.45) is 0. The normalized spacial score (nSPS) is 10.5. The Kier molecular flexibility index (Phi) is 4.79. The molecule has 2 aromatic carbocycles. The molecular weight excluding hydrogens is 318 g/mol. The van der Waals surface area contributed by atoms with Crippen molar-refractivity contribution < 1.29 is 14.1 Å². The maximum atomic E-state index is 12.0. The molecule has 1 heterocycles. The maximum absolute atomic E-state index is 12.0. The largest absolute Gasteiger partial charge is 0.484 e. The van der Waals surface area contributed by atoms with Crippen molar-refractivity contribution in [2.75, 3.05) is 11.9 Å². The summed E-state index contributed by atoms with van der Waals surface area (Å²) < 4.78 is 10.5. The summed E-state index contributed by atoms with van der Waals surface area (Å²) in [4.78, 5) is 16.2. The number of hydrogen-bond acceptors (Lipinski definition) is 5. The molecule has 0 spiro atoms. The number of aryl methyl sites for hydroxylation is 3. The van der Waals surface area contributed by atoms with Gasteiger partial charge in [0.1, 0.15) is 5.75 Å². The van der Waals surface area contributed by atoms with E-state index in [1.54, 1.807) is 19.1 Å². The molecule has 0 saturated heterocycles. The van der Waals surface area contributed by atoms with Gasteiger partial charge in [-0.15, -0.1) is 0 Å². The summed E-state index contributed by atoms with van der Waals surface area (Å²) in [5.74, 6) is 1.43. The SMILES string of the molecule is Cc1ccc(NC(=O)COc2ccc(-c3noc(C)n3)cc2)c(C)c1. The molecule has 6 heteroatoms. The Morgan fingerprint density at radius 2 is 1.88 bits per heavy atom. The predicted molar refractivity (Wildman–Crippen MR) is 94.5 cm³/mol. The van der Waals surface area contributed by atoms with Crippen molar-refractivity contribution in [1.82, 2.24) is 10.1 Å². The van der Waals surface area contributed by atoms with Gasteiger partial charge in [-0.25, -0.2) is 0 Å². The highest BCUT2D eigenvalue weighted by Gasteiger charge is 2.08. The van der Waals surface area contributed by atoms with Gasteiger partial charge in [0.25, 0.3) is 5.91 Å². The lowest BCUT2D eigenvalue weighted by molar-refractivity contribution is -0.118. The first-order chi connectivity index (χ1) is 12.0. The van der Waals surface area contributed by atoms with Gasteiger partial charge >= 0.3 is 0 Å². The topological polar surface area (TPSA) is 77.2 Å². The van der Waals surface area contributed by atoms with Crippen LogP contribution in [0, 0.1) is 20.8 Å². The summed E-state index contributed by atoms with van der Waals surface area (Å²) in [5.41, 5.74) is 3.79. The first-order valence-corrected chi connectivity index (χ1v) is 7.92. The molecule has 6 nitrogen and oxygen atoms in total. The van der Waals surface area contributed by atoms with Gasteiger partial charge in [0.2, 0.25) is 11.7 Å². The molecule has 128 valence electrons. The second-order valence-corrected chi connectivity index (χ2v) is 5.82. The van der Waals surface area contributed by atoms with Crippen molar-refractivity contribution in [2.45, 2.75) is 20.8 Å². The van der Waals surface area contributed by atoms with E-state index < -0.39 is 0 Å². The van der Waals surface area contributed by atoms with Gasteiger partial charge in [0, 0.05) is 18.2 Å². The van der Waals surface area contributed by atoms with E-state index in [4.69, 9.17) is 9.26 Å². The molecule has 0 bridgehead atoms. The van der Waals surface area contributed by atoms with Gasteiger partial charge in [-0.05, 0) is 49.7 Å². The molecule has 1 N–H and O–H groups in total. The maximum Gasteiger partial charge on any atom is 0.262 e. The van der Waals surface area contributed by atoms with Crippen molar-refractivity contribution in [3.05, 3.63) is 59.5 Å². The van der Waals surface area contributed by atoms with Crippen LogP contribution in [0.2, 0.25) is 0 Å². The van der Waals surface area contributed by atoms with Crippen molar-refractivity contribution in [3.8, 4) is 17.1 Å². The van der Waals surface area contributed by atoms with Crippen molar-refractivity contribution >= 4 is 11.6 Å². The highest BCUT2D eigenvalue weighted by atomic mass is 16.5. The van der Waals surface area contributed by atoms with Gasteiger partial charge in [-0.1, -0.05) is 22.9 Å². The van der Waals surface area contributed by atoms with Crippen LogP contribution in [0.1, 0.15) is 17.0 Å². The number of anilines is 1. The van der Waals surface area contributed by atoms with Crippen LogP contribution >= 0.6 is 0 Å². The van der Waals surface area contributed by atoms with E-state index in [1.165, 1.54) is 0 Å². The van der Waals surface area contributed by atoms with Gasteiger partial charge in [0.05, 0.1) is 0 Å². The number of hydrogen-bond donors (Lipinski definition) is 1. The Hall–Kier alpha value is -3.15. The second-order valence-electron chi connectivity index (χ2n) is 5.82. The standard InChI is InChI=1S/C19H19N3O3/c1-12-4-9-17(13(2)10-12)21-18(23)11-24-16-7-5-15(6-8-16)19-20-14(3)25-22-19/h4-10H,11H2,1-3H3,(H,21,23). The number of benzene rings is 2. The number of amides is 1. The molecular formula is C19H19N3O3. The number of ether oxygens (including phenoxy) is 1. The van der Waals surface area contributed by atoms with E-state index in [-0.39, 0.29) is 12.5 Å². The quantitative estimate of drug-likeness (QED) is 0.768. The van der Waals surface area contributed by atoms with Crippen LogP contribution in [-0.4, -0.2) is 22.7 Å². The Labute approximate surface area is 145 Å². The molecule has 0 aliphatic rings. The summed E-state index contributed by atoms with van der Waals surface area (Å²) in [7, 11) is 0. The van der Waals surface area contributed by atoms with Gasteiger partial charge < -0.3 is 14.6 Å². The minimum atomic E-state index is -0.204. The van der Waals surface area contributed by atoms with E-state index in [9.17, 15) is 4.79 Å². The summed E-state index contributed by atoms with van der Waals surface area (Å²) >= 11 is 0. The lowest BCUT2D eigenvalue weighted by Crippen LogP contribution is -2.20. The number of carbonyl (C=O) groups is 1. The Morgan fingerprint density at radius 3 is 2.52 bits per heavy atom. The first-order valence-electron chi connectivity index (χ1n) is 7.92. The van der Waals surface area contributed by atoms with Gasteiger partial charge in [-0.3, -0.25) is 4.79 Å². The smallest absolute Gasteiger partial charge is 0.262 e. The summed E-state index contributed by atoms with van der Waals surface area (Å²) in [6.45, 7) is 5.65. The molecule has 1 amide bonds. The first kappa shape index (κ1) is 16.7. The van der Waals surface area contributed by atoms with Crippen LogP contribution in [0.15, 0.2) is 47.0 Å². The molecule has 0 saturated carbocycles. The molecule has 3 aromatic rings. The molecule has 0 atom stereocenters. The average Bonchev–Trinajstić information content (AvgIpc) is 3.02. The van der Waals surface area contributed by atoms with Crippen LogP contribution in [0.5, 0.6) is 5.75 Å². The number of rotatable bonds is 5. The molecule has 25 heavy (non-hydrogen) atoms. The van der Waals surface area contributed by atoms with Crippen molar-refractivity contribution in [2.24, 2.45) is 0 Å². The Balaban J connectivity index is 1.57. The fourth-order valence-electron chi connectivity index (χ4n) is 2.41. The van der Waals surface area contributed by atoms with E-state index in [0.717, 1.165) is 22.4 Å². The van der Waals surface area contributed by atoms with E-state index in [2.05, 4.69) is 15.5 Å². The van der Waals surface area contributed by atoms with Gasteiger partial charge in [-0.2, -0.15) is 4.98 Å². The molecule has 3 rings (SSSR count). The van der Waals surface area contributed by atoms with Crippen molar-refractivity contribution in [1.29, 1.82) is 0 Å². The highest BCUT2D eigenvalue weighted by molar-refractivity contribution is 5.92. The zero-order chi connectivity index (χ0) is 17.8. The lowest BCUT2D eigenvalue weighted by Gasteiger charge is -2.10. The minimum Gasteiger partial charge on any atom is -0.484 e. The van der Waals surface area contributed by atoms with E-state index in [1.807, 2.05) is 44.2 Å². The molecule has 0 aliphatic carbocycles. The Bertz CT molecular complexity index is 885. The third-order valence-electron chi connectivity index (χ3n) is 3.67. The predicted octanol–water partition coefficient (Wildman–Crippen LogP) is 3.68. The van der Waals surface area contributed by atoms with Gasteiger partial charge in [0.15, 0.2) is 6.61 Å². The van der Waals surface area contributed by atoms with Crippen LogP contribution in [-0.2, 0) is 4.79 Å². The number of nitrogens with one attached hydrogen (secondary N) is 1. The van der Waals surface area contributed by atoms with Crippen LogP contribution in [0.4, 0.5) is 5.69 Å². The third-order valence-corrected chi connectivity index (χ3v) is 3.67. The molecule has 0 aliphatic heterocycles. The monoisotopic (exact) mass is 337 g/mol. The zero-order valence-electron chi connectivity index (χ0n) is 14.4. The van der Waals surface area contributed by atoms with E-state index >= 15 is 0 Å². The average molecular weight is 337 g/mol. The fraction of sp³-hybridized carbons (Fsp3) is 0.211. The Morgan fingerprint density at radius 1 is 1.12 bits per heavy atom. The number of carbonyl (C=O) groups excluding carboxylic acids is 1. The molecule has 0 unspecified atom stereocenters. The van der Waals surface area contributed by atoms with Crippen LogP contribution < -0.4 is 10.1 Å². The summed E-state index contributed by atoms with van der Waals surface area (Å²) in [6, 6.07) is 13.1. The second kappa shape index (κ2) is 7.17. The minimum absolute atomic E-state index is 0.0615. The third kappa shape index (κ3) is 4.23. The molecule has 0 radical (unpaired) electrons. The number of aromatic nitrogens is 2. The zero-order valence-corrected chi connectivity index (χ0v) is 14.4. The fourth-order valence-corrected chi connectivity index (χ4v) is 2.41.